The molecule has 186 valence electrons. The Hall–Kier alpha value is -2.50. The van der Waals surface area contributed by atoms with Crippen LogP contribution < -0.4 is 10.2 Å². The summed E-state index contributed by atoms with van der Waals surface area (Å²) in [6, 6.07) is 4.31. The zero-order chi connectivity index (χ0) is 25.1. The third-order valence-corrected chi connectivity index (χ3v) is 7.44. The molecule has 2 unspecified atom stereocenters. The van der Waals surface area contributed by atoms with Crippen LogP contribution in [0.4, 0.5) is 5.95 Å². The van der Waals surface area contributed by atoms with Crippen LogP contribution in [0.3, 0.4) is 0 Å². The summed E-state index contributed by atoms with van der Waals surface area (Å²) in [6.07, 6.45) is 6.07. The van der Waals surface area contributed by atoms with Gasteiger partial charge in [0, 0.05) is 55.1 Å². The zero-order valence-corrected chi connectivity index (χ0v) is 22.5. The summed E-state index contributed by atoms with van der Waals surface area (Å²) in [6.45, 7) is 13.9. The highest BCUT2D eigenvalue weighted by atomic mass is 32.1. The van der Waals surface area contributed by atoms with Gasteiger partial charge in [0.15, 0.2) is 0 Å². The number of fused-ring (bicyclic) bond motifs is 1. The average molecular weight is 484 g/mol. The standard InChI is InChI=1S/C22H29N7S.2C2H6/c1-15(17-5-3-6-19-20(17)16(13-23)14-30-19)28(2)21(24)18-7-9-26-22(27-18)29-11-4-8-25-10-12-29;2*1-2/h7,9,14-15,17,24-25H,3-6,8,10-12H2,1-2H3;2*1-2H3. The molecule has 2 aromatic rings. The second-order valence-electron chi connectivity index (χ2n) is 8.13. The molecule has 8 heteroatoms. The summed E-state index contributed by atoms with van der Waals surface area (Å²) in [5, 5.41) is 23.8. The van der Waals surface area contributed by atoms with Crippen LogP contribution in [-0.4, -0.2) is 60.0 Å². The first-order chi connectivity index (χ1) is 16.6. The molecular formula is C26H41N7S. The number of likely N-dealkylation sites (N-methyl/N-ethyl adjacent to an activating group) is 1. The molecule has 1 fully saturated rings. The van der Waals surface area contributed by atoms with Gasteiger partial charge in [-0.1, -0.05) is 27.7 Å². The Morgan fingerprint density at radius 3 is 2.76 bits per heavy atom. The number of nitriles is 1. The number of hydrogen-bond acceptors (Lipinski definition) is 7. The van der Waals surface area contributed by atoms with Crippen molar-refractivity contribution in [2.24, 2.45) is 0 Å². The molecule has 0 bridgehead atoms. The summed E-state index contributed by atoms with van der Waals surface area (Å²) in [7, 11) is 1.97. The van der Waals surface area contributed by atoms with Crippen LogP contribution in [0, 0.1) is 16.7 Å². The maximum atomic E-state index is 9.56. The van der Waals surface area contributed by atoms with Crippen molar-refractivity contribution < 1.29 is 0 Å². The normalized spacial score (nSPS) is 18.0. The smallest absolute Gasteiger partial charge is 0.226 e. The van der Waals surface area contributed by atoms with Crippen molar-refractivity contribution in [2.75, 3.05) is 38.1 Å². The minimum Gasteiger partial charge on any atom is -0.355 e. The molecule has 2 N–H and O–H groups in total. The van der Waals surface area contributed by atoms with Gasteiger partial charge in [-0.2, -0.15) is 5.26 Å². The Morgan fingerprint density at radius 2 is 2.03 bits per heavy atom. The number of rotatable bonds is 4. The Labute approximate surface area is 209 Å². The third kappa shape index (κ3) is 6.34. The van der Waals surface area contributed by atoms with Gasteiger partial charge in [-0.05, 0) is 50.8 Å². The quantitative estimate of drug-likeness (QED) is 0.468. The van der Waals surface area contributed by atoms with Crippen LogP contribution in [-0.2, 0) is 6.42 Å². The topological polar surface area (TPSA) is 91.9 Å². The number of thiophene rings is 1. The van der Waals surface area contributed by atoms with Gasteiger partial charge in [0.1, 0.15) is 17.6 Å². The van der Waals surface area contributed by atoms with Gasteiger partial charge in [0.2, 0.25) is 5.95 Å². The molecule has 0 aromatic carbocycles. The van der Waals surface area contributed by atoms with Crippen LogP contribution in [0.25, 0.3) is 0 Å². The molecule has 4 rings (SSSR count). The van der Waals surface area contributed by atoms with E-state index in [9.17, 15) is 5.26 Å². The zero-order valence-electron chi connectivity index (χ0n) is 21.7. The highest BCUT2D eigenvalue weighted by molar-refractivity contribution is 7.10. The first kappa shape index (κ1) is 27.7. The summed E-state index contributed by atoms with van der Waals surface area (Å²) in [4.78, 5) is 14.7. The summed E-state index contributed by atoms with van der Waals surface area (Å²) in [5.41, 5.74) is 2.67. The van der Waals surface area contributed by atoms with E-state index in [4.69, 9.17) is 10.4 Å². The Morgan fingerprint density at radius 1 is 1.26 bits per heavy atom. The van der Waals surface area contributed by atoms with Gasteiger partial charge in [0.05, 0.1) is 5.56 Å². The second kappa shape index (κ2) is 14.0. The van der Waals surface area contributed by atoms with E-state index in [1.165, 1.54) is 10.4 Å². The van der Waals surface area contributed by atoms with Crippen LogP contribution in [0.5, 0.6) is 0 Å². The van der Waals surface area contributed by atoms with E-state index >= 15 is 0 Å². The van der Waals surface area contributed by atoms with Crippen LogP contribution in [0.1, 0.15) is 81.5 Å². The van der Waals surface area contributed by atoms with E-state index in [2.05, 4.69) is 28.2 Å². The summed E-state index contributed by atoms with van der Waals surface area (Å²) >= 11 is 1.71. The van der Waals surface area contributed by atoms with Crippen molar-refractivity contribution in [1.29, 1.82) is 10.7 Å². The highest BCUT2D eigenvalue weighted by Gasteiger charge is 2.32. The molecule has 1 aliphatic heterocycles. The lowest BCUT2D eigenvalue weighted by Gasteiger charge is -2.36. The van der Waals surface area contributed by atoms with Gasteiger partial charge < -0.3 is 15.1 Å². The highest BCUT2D eigenvalue weighted by Crippen LogP contribution is 2.41. The molecule has 1 aliphatic carbocycles. The van der Waals surface area contributed by atoms with Crippen LogP contribution >= 0.6 is 11.3 Å². The lowest BCUT2D eigenvalue weighted by molar-refractivity contribution is 0.311. The van der Waals surface area contributed by atoms with Gasteiger partial charge in [-0.25, -0.2) is 9.97 Å². The van der Waals surface area contributed by atoms with E-state index in [1.54, 1.807) is 17.5 Å². The summed E-state index contributed by atoms with van der Waals surface area (Å²) < 4.78 is 0. The van der Waals surface area contributed by atoms with Gasteiger partial charge in [0.25, 0.3) is 0 Å². The number of aryl methyl sites for hydroxylation is 1. The maximum Gasteiger partial charge on any atom is 0.226 e. The van der Waals surface area contributed by atoms with Crippen molar-refractivity contribution >= 4 is 23.1 Å². The van der Waals surface area contributed by atoms with Gasteiger partial charge in [-0.3, -0.25) is 5.41 Å². The molecule has 0 radical (unpaired) electrons. The molecule has 2 atom stereocenters. The predicted molar refractivity (Wildman–Crippen MR) is 143 cm³/mol. The Bertz CT molecular complexity index is 941. The molecule has 3 heterocycles. The van der Waals surface area contributed by atoms with Crippen molar-refractivity contribution in [3.8, 4) is 6.07 Å². The van der Waals surface area contributed by atoms with Crippen molar-refractivity contribution in [2.45, 2.75) is 72.3 Å². The fourth-order valence-corrected chi connectivity index (χ4v) is 5.63. The second-order valence-corrected chi connectivity index (χ2v) is 9.09. The van der Waals surface area contributed by atoms with Gasteiger partial charge in [-0.15, -0.1) is 11.3 Å². The van der Waals surface area contributed by atoms with Crippen molar-refractivity contribution in [3.63, 3.8) is 0 Å². The largest absolute Gasteiger partial charge is 0.355 e. The number of aromatic nitrogens is 2. The maximum absolute atomic E-state index is 9.56. The van der Waals surface area contributed by atoms with E-state index in [0.29, 0.717) is 17.5 Å². The minimum absolute atomic E-state index is 0.110. The van der Waals surface area contributed by atoms with Gasteiger partial charge >= 0.3 is 0 Å². The number of amidine groups is 1. The first-order valence-corrected chi connectivity index (χ1v) is 13.6. The fourth-order valence-electron chi connectivity index (χ4n) is 4.54. The molecule has 2 aliphatic rings. The average Bonchev–Trinajstić information content (AvgIpc) is 3.14. The Balaban J connectivity index is 0.000000970. The van der Waals surface area contributed by atoms with E-state index < -0.39 is 0 Å². The SMILES string of the molecule is CC.CC.CC(C1CCCc2scc(C#N)c21)N(C)C(=N)c1ccnc(N2CCCNCC2)n1. The van der Waals surface area contributed by atoms with Crippen molar-refractivity contribution in [1.82, 2.24) is 20.2 Å². The first-order valence-electron chi connectivity index (χ1n) is 12.7. The summed E-state index contributed by atoms with van der Waals surface area (Å²) in [5.74, 6) is 1.37. The van der Waals surface area contributed by atoms with Crippen molar-refractivity contribution in [3.05, 3.63) is 39.3 Å². The lowest BCUT2D eigenvalue weighted by Crippen LogP contribution is -2.40. The number of nitrogens with zero attached hydrogens (tertiary/aromatic N) is 5. The predicted octanol–water partition coefficient (Wildman–Crippen LogP) is 5.03. The molecule has 0 saturated carbocycles. The minimum atomic E-state index is 0.110. The Kier molecular flexibility index (Phi) is 11.4. The van der Waals surface area contributed by atoms with Crippen LogP contribution in [0.15, 0.2) is 17.6 Å². The number of nitrogens with one attached hydrogen (secondary N) is 2. The lowest BCUT2D eigenvalue weighted by atomic mass is 9.80. The van der Waals surface area contributed by atoms with E-state index in [0.717, 1.165) is 57.4 Å². The molecule has 7 nitrogen and oxygen atoms in total. The number of hydrogen-bond donors (Lipinski definition) is 2. The number of anilines is 1. The molecule has 2 aromatic heterocycles. The molecule has 0 spiro atoms. The molecule has 1 saturated heterocycles. The molecular weight excluding hydrogens is 442 g/mol. The van der Waals surface area contributed by atoms with Crippen LogP contribution in [0.2, 0.25) is 0 Å². The monoisotopic (exact) mass is 483 g/mol. The van der Waals surface area contributed by atoms with E-state index in [-0.39, 0.29) is 12.0 Å². The fraction of sp³-hybridized carbons (Fsp3) is 0.615. The third-order valence-electron chi connectivity index (χ3n) is 6.37. The molecule has 0 amide bonds. The van der Waals surface area contributed by atoms with E-state index in [1.807, 2.05) is 51.1 Å². The molecule has 34 heavy (non-hydrogen) atoms.